The molecule has 0 aromatic heterocycles. The van der Waals surface area contributed by atoms with Crippen LogP contribution in [0.3, 0.4) is 0 Å². The van der Waals surface area contributed by atoms with Crippen LogP contribution < -0.4 is 0 Å². The van der Waals surface area contributed by atoms with Crippen LogP contribution in [-0.4, -0.2) is 0 Å². The molecule has 0 aromatic carbocycles. The van der Waals surface area contributed by atoms with Crippen LogP contribution in [0.5, 0.6) is 0 Å². The van der Waals surface area contributed by atoms with Gasteiger partial charge in [-0.25, -0.2) is 0 Å². The predicted octanol–water partition coefficient (Wildman–Crippen LogP) is 2.21. The summed E-state index contributed by atoms with van der Waals surface area (Å²) in [7, 11) is 0. The van der Waals surface area contributed by atoms with Crippen LogP contribution in [0.4, 0.5) is 0 Å². The molecule has 1 fully saturated rings. The molecule has 0 aromatic rings. The molecule has 9 heavy (non-hydrogen) atoms. The van der Waals surface area contributed by atoms with E-state index in [4.69, 9.17) is 5.26 Å². The molecule has 1 aliphatic carbocycles. The van der Waals surface area contributed by atoms with E-state index in [1.165, 1.54) is 18.4 Å². The summed E-state index contributed by atoms with van der Waals surface area (Å²) in [4.78, 5) is 0. The second kappa shape index (κ2) is 3.29. The lowest BCUT2D eigenvalue weighted by molar-refractivity contribution is 0.675. The van der Waals surface area contributed by atoms with Crippen LogP contribution in [0, 0.1) is 17.8 Å². The third kappa shape index (κ3) is 1.89. The Labute approximate surface area is 56.0 Å². The first kappa shape index (κ1) is 6.35. The highest BCUT2D eigenvalue weighted by Crippen LogP contribution is 2.20. The molecule has 0 saturated heterocycles. The molecule has 0 heterocycles. The van der Waals surface area contributed by atoms with Gasteiger partial charge >= 0.3 is 0 Å². The highest BCUT2D eigenvalue weighted by atomic mass is 14.2. The normalized spacial score (nSPS) is 23.7. The lowest BCUT2D eigenvalue weighted by Gasteiger charge is -2.10. The zero-order valence-corrected chi connectivity index (χ0v) is 5.43. The molecule has 1 rings (SSSR count). The van der Waals surface area contributed by atoms with Crippen molar-refractivity contribution >= 4 is 0 Å². The predicted molar refractivity (Wildman–Crippen MR) is 36.5 cm³/mol. The number of rotatable bonds is 0. The molecule has 1 heteroatoms. The quantitative estimate of drug-likeness (QED) is 0.449. The molecule has 0 unspecified atom stereocenters. The van der Waals surface area contributed by atoms with Gasteiger partial charge < -0.3 is 0 Å². The minimum absolute atomic E-state index is 1.10. The molecule has 47 valence electrons. The number of hydrogen-bond donors (Lipinski definition) is 0. The SMILES string of the molecule is N#CC=C1[CH]CCCC1. The first-order chi connectivity index (χ1) is 4.43. The fourth-order valence-corrected chi connectivity index (χ4v) is 1.08. The van der Waals surface area contributed by atoms with Gasteiger partial charge in [0.15, 0.2) is 0 Å². The van der Waals surface area contributed by atoms with Crippen molar-refractivity contribution in [3.05, 3.63) is 18.1 Å². The van der Waals surface area contributed by atoms with Gasteiger partial charge in [-0.15, -0.1) is 0 Å². The van der Waals surface area contributed by atoms with Gasteiger partial charge in [0.25, 0.3) is 0 Å². The van der Waals surface area contributed by atoms with Gasteiger partial charge in [-0.2, -0.15) is 5.26 Å². The van der Waals surface area contributed by atoms with Crippen molar-refractivity contribution in [3.63, 3.8) is 0 Å². The number of nitrogens with zero attached hydrogens (tertiary/aromatic N) is 1. The number of nitriles is 1. The summed E-state index contributed by atoms with van der Waals surface area (Å²) in [5, 5.41) is 8.27. The van der Waals surface area contributed by atoms with Crippen LogP contribution in [-0.2, 0) is 0 Å². The van der Waals surface area contributed by atoms with Crippen LogP contribution >= 0.6 is 0 Å². The van der Waals surface area contributed by atoms with E-state index in [0.29, 0.717) is 0 Å². The van der Waals surface area contributed by atoms with E-state index in [-0.39, 0.29) is 0 Å². The van der Waals surface area contributed by atoms with Crippen molar-refractivity contribution in [2.45, 2.75) is 25.7 Å². The summed E-state index contributed by atoms with van der Waals surface area (Å²) < 4.78 is 0. The van der Waals surface area contributed by atoms with Gasteiger partial charge in [0, 0.05) is 6.08 Å². The van der Waals surface area contributed by atoms with E-state index in [2.05, 4.69) is 6.42 Å². The van der Waals surface area contributed by atoms with Gasteiger partial charge in [0.1, 0.15) is 0 Å². The van der Waals surface area contributed by atoms with E-state index in [1.54, 1.807) is 6.08 Å². The van der Waals surface area contributed by atoms with Crippen molar-refractivity contribution < 1.29 is 0 Å². The summed E-state index contributed by atoms with van der Waals surface area (Å²) in [6.07, 6.45) is 8.62. The summed E-state index contributed by atoms with van der Waals surface area (Å²) in [6, 6.07) is 2.04. The molecule has 1 nitrogen and oxygen atoms in total. The highest BCUT2D eigenvalue weighted by molar-refractivity contribution is 5.22. The van der Waals surface area contributed by atoms with E-state index in [9.17, 15) is 0 Å². The van der Waals surface area contributed by atoms with E-state index in [1.807, 2.05) is 6.07 Å². The van der Waals surface area contributed by atoms with E-state index in [0.717, 1.165) is 12.8 Å². The fourth-order valence-electron chi connectivity index (χ4n) is 1.08. The maximum Gasteiger partial charge on any atom is 0.0911 e. The summed E-state index contributed by atoms with van der Waals surface area (Å²) in [6.45, 7) is 0. The van der Waals surface area contributed by atoms with E-state index < -0.39 is 0 Å². The minimum atomic E-state index is 1.10. The van der Waals surface area contributed by atoms with Crippen LogP contribution in [0.25, 0.3) is 0 Å². The molecule has 1 saturated carbocycles. The number of hydrogen-bond acceptors (Lipinski definition) is 1. The van der Waals surface area contributed by atoms with Gasteiger partial charge in [0.2, 0.25) is 0 Å². The van der Waals surface area contributed by atoms with E-state index >= 15 is 0 Å². The summed E-state index contributed by atoms with van der Waals surface area (Å²) >= 11 is 0. The Morgan fingerprint density at radius 3 is 3.00 bits per heavy atom. The Bertz CT molecular complexity index is 142. The molecule has 0 N–H and O–H groups in total. The van der Waals surface area contributed by atoms with Crippen molar-refractivity contribution in [2.24, 2.45) is 0 Å². The summed E-state index contributed by atoms with van der Waals surface area (Å²) in [5.41, 5.74) is 1.23. The molecular formula is C8H10N. The van der Waals surface area contributed by atoms with Gasteiger partial charge in [0.05, 0.1) is 6.07 Å². The Hall–Kier alpha value is -0.770. The zero-order chi connectivity index (χ0) is 6.53. The smallest absolute Gasteiger partial charge is 0.0911 e. The Balaban J connectivity index is 2.42. The van der Waals surface area contributed by atoms with Crippen molar-refractivity contribution in [2.75, 3.05) is 0 Å². The number of allylic oxidation sites excluding steroid dienone is 2. The van der Waals surface area contributed by atoms with Crippen molar-refractivity contribution in [1.82, 2.24) is 0 Å². The molecule has 1 radical (unpaired) electrons. The van der Waals surface area contributed by atoms with Crippen LogP contribution in [0.15, 0.2) is 11.6 Å². The molecular weight excluding hydrogens is 110 g/mol. The highest BCUT2D eigenvalue weighted by Gasteiger charge is 2.03. The Kier molecular flexibility index (Phi) is 2.32. The van der Waals surface area contributed by atoms with Crippen molar-refractivity contribution in [1.29, 1.82) is 5.26 Å². The van der Waals surface area contributed by atoms with Gasteiger partial charge in [-0.1, -0.05) is 12.0 Å². The second-order valence-corrected chi connectivity index (χ2v) is 2.30. The monoisotopic (exact) mass is 120 g/mol. The topological polar surface area (TPSA) is 23.8 Å². The first-order valence-corrected chi connectivity index (χ1v) is 3.35. The van der Waals surface area contributed by atoms with Crippen LogP contribution in [0.2, 0.25) is 0 Å². The Morgan fingerprint density at radius 2 is 2.44 bits per heavy atom. The Morgan fingerprint density at radius 1 is 1.56 bits per heavy atom. The lowest BCUT2D eigenvalue weighted by Crippen LogP contribution is -1.93. The molecule has 0 aliphatic heterocycles. The molecule has 0 amide bonds. The average Bonchev–Trinajstić information content (AvgIpc) is 1.91. The van der Waals surface area contributed by atoms with Crippen molar-refractivity contribution in [3.8, 4) is 6.07 Å². The fraction of sp³-hybridized carbons (Fsp3) is 0.500. The molecule has 1 aliphatic rings. The minimum Gasteiger partial charge on any atom is -0.193 e. The molecule has 0 bridgehead atoms. The maximum absolute atomic E-state index is 8.27. The standard InChI is InChI=1S/C8H10N/c9-7-6-8-4-2-1-3-5-8/h4,6H,1-3,5H2. The lowest BCUT2D eigenvalue weighted by atomic mass is 9.95. The molecule has 0 spiro atoms. The average molecular weight is 120 g/mol. The van der Waals surface area contributed by atoms with Gasteiger partial charge in [-0.3, -0.25) is 0 Å². The third-order valence-corrected chi connectivity index (χ3v) is 1.58. The summed E-state index contributed by atoms with van der Waals surface area (Å²) in [5.74, 6) is 0. The zero-order valence-electron chi connectivity index (χ0n) is 5.43. The van der Waals surface area contributed by atoms with Crippen LogP contribution in [0.1, 0.15) is 25.7 Å². The largest absolute Gasteiger partial charge is 0.193 e. The van der Waals surface area contributed by atoms with Gasteiger partial charge in [-0.05, 0) is 25.7 Å². The maximum atomic E-state index is 8.27. The first-order valence-electron chi connectivity index (χ1n) is 3.35. The second-order valence-electron chi connectivity index (χ2n) is 2.30. The molecule has 0 atom stereocenters. The third-order valence-electron chi connectivity index (χ3n) is 1.58.